The Morgan fingerprint density at radius 3 is 2.30 bits per heavy atom. The highest BCUT2D eigenvalue weighted by molar-refractivity contribution is 7.99. The van der Waals surface area contributed by atoms with E-state index >= 15 is 0 Å². The van der Waals surface area contributed by atoms with Gasteiger partial charge >= 0.3 is 0 Å². The molecule has 0 bridgehead atoms. The number of aliphatic hydroxyl groups excluding tert-OH is 1. The fourth-order valence-electron chi connectivity index (χ4n) is 2.23. The third kappa shape index (κ3) is 3.45. The molecule has 0 fully saturated rings. The van der Waals surface area contributed by atoms with Gasteiger partial charge in [0.25, 0.3) is 0 Å². The number of benzene rings is 1. The van der Waals surface area contributed by atoms with Crippen molar-refractivity contribution >= 4 is 17.6 Å². The maximum atomic E-state index is 9.62. The Hall–Kier alpha value is -2.54. The molecule has 0 amide bonds. The average molecular weight is 324 g/mol. The maximum absolute atomic E-state index is 9.62. The van der Waals surface area contributed by atoms with Crippen LogP contribution in [-0.4, -0.2) is 36.5 Å². The summed E-state index contributed by atoms with van der Waals surface area (Å²) in [6.45, 7) is -0.00478. The molecule has 1 heterocycles. The van der Waals surface area contributed by atoms with Crippen LogP contribution < -0.4 is 4.90 Å². The van der Waals surface area contributed by atoms with Gasteiger partial charge in [-0.15, -0.1) is 11.8 Å². The Kier molecular flexibility index (Phi) is 5.59. The van der Waals surface area contributed by atoms with Crippen LogP contribution in [0.3, 0.4) is 0 Å². The first kappa shape index (κ1) is 16.8. The van der Waals surface area contributed by atoms with Crippen LogP contribution >= 0.6 is 11.8 Å². The van der Waals surface area contributed by atoms with E-state index in [4.69, 9.17) is 5.11 Å². The first-order valence-corrected chi connectivity index (χ1v) is 7.97. The van der Waals surface area contributed by atoms with Gasteiger partial charge in [-0.25, -0.2) is 4.98 Å². The first-order chi connectivity index (χ1) is 11.1. The van der Waals surface area contributed by atoms with E-state index in [9.17, 15) is 10.5 Å². The summed E-state index contributed by atoms with van der Waals surface area (Å²) in [4.78, 5) is 6.23. The molecule has 1 N–H and O–H groups in total. The number of aliphatic hydroxyl groups is 1. The van der Waals surface area contributed by atoms with Crippen molar-refractivity contribution in [2.24, 2.45) is 0 Å². The normalized spacial score (nSPS) is 9.96. The highest BCUT2D eigenvalue weighted by Crippen LogP contribution is 2.37. The summed E-state index contributed by atoms with van der Waals surface area (Å²) in [6, 6.07) is 13.7. The Morgan fingerprint density at radius 2 is 1.78 bits per heavy atom. The molecule has 116 valence electrons. The molecule has 1 aromatic carbocycles. The molecule has 0 saturated carbocycles. The Bertz CT molecular complexity index is 776. The predicted molar refractivity (Wildman–Crippen MR) is 91.2 cm³/mol. The van der Waals surface area contributed by atoms with E-state index in [1.54, 1.807) is 4.90 Å². The molecule has 0 radical (unpaired) electrons. The summed E-state index contributed by atoms with van der Waals surface area (Å²) in [5.41, 5.74) is 2.15. The minimum Gasteiger partial charge on any atom is -0.396 e. The molecule has 0 spiro atoms. The second kappa shape index (κ2) is 7.64. The van der Waals surface area contributed by atoms with Crippen molar-refractivity contribution in [2.45, 2.75) is 5.03 Å². The highest BCUT2D eigenvalue weighted by atomic mass is 32.2. The lowest BCUT2D eigenvalue weighted by atomic mass is 9.96. The zero-order valence-electron chi connectivity index (χ0n) is 12.9. The molecular weight excluding hydrogens is 308 g/mol. The molecule has 23 heavy (non-hydrogen) atoms. The van der Waals surface area contributed by atoms with E-state index < -0.39 is 0 Å². The van der Waals surface area contributed by atoms with Gasteiger partial charge in [-0.05, 0) is 5.56 Å². The van der Waals surface area contributed by atoms with Crippen LogP contribution in [0.15, 0.2) is 35.4 Å². The molecule has 6 heteroatoms. The van der Waals surface area contributed by atoms with E-state index in [0.29, 0.717) is 33.3 Å². The van der Waals surface area contributed by atoms with E-state index in [1.807, 2.05) is 44.4 Å². The van der Waals surface area contributed by atoms with Crippen molar-refractivity contribution in [3.63, 3.8) is 0 Å². The summed E-state index contributed by atoms with van der Waals surface area (Å²) < 4.78 is 0. The molecule has 1 aromatic heterocycles. The average Bonchev–Trinajstić information content (AvgIpc) is 2.58. The number of hydrogen-bond acceptors (Lipinski definition) is 6. The van der Waals surface area contributed by atoms with Crippen LogP contribution in [0.1, 0.15) is 11.1 Å². The fraction of sp³-hybridized carbons (Fsp3) is 0.235. The molecule has 0 atom stereocenters. The number of thioether (sulfide) groups is 1. The van der Waals surface area contributed by atoms with Crippen molar-refractivity contribution in [3.05, 3.63) is 41.5 Å². The van der Waals surface area contributed by atoms with Crippen molar-refractivity contribution in [3.8, 4) is 23.3 Å². The first-order valence-electron chi connectivity index (χ1n) is 6.98. The number of anilines is 1. The van der Waals surface area contributed by atoms with Crippen LogP contribution in [0, 0.1) is 22.7 Å². The van der Waals surface area contributed by atoms with Crippen molar-refractivity contribution in [2.75, 3.05) is 31.4 Å². The molecular formula is C17H16N4OS. The maximum Gasteiger partial charge on any atom is 0.148 e. The number of pyridine rings is 1. The standard InChI is InChI=1S/C17H16N4OS/c1-21(2)16-13(10-18)15(12-6-4-3-5-7-12)14(11-19)17(20-16)23-9-8-22/h3-7,22H,8-9H2,1-2H3. The number of nitrogens with zero attached hydrogens (tertiary/aromatic N) is 4. The fourth-order valence-corrected chi connectivity index (χ4v) is 2.95. The molecule has 0 saturated heterocycles. The second-order valence-electron chi connectivity index (χ2n) is 4.92. The van der Waals surface area contributed by atoms with Gasteiger partial charge in [-0.3, -0.25) is 0 Å². The van der Waals surface area contributed by atoms with Crippen LogP contribution in [0.4, 0.5) is 5.82 Å². The summed E-state index contributed by atoms with van der Waals surface area (Å²) in [7, 11) is 3.62. The van der Waals surface area contributed by atoms with Gasteiger partial charge in [0.2, 0.25) is 0 Å². The molecule has 2 rings (SSSR count). The van der Waals surface area contributed by atoms with E-state index in [1.165, 1.54) is 11.8 Å². The van der Waals surface area contributed by atoms with Crippen LogP contribution in [-0.2, 0) is 0 Å². The molecule has 2 aromatic rings. The summed E-state index contributed by atoms with van der Waals surface area (Å²) >= 11 is 1.31. The minimum absolute atomic E-state index is 0.00478. The van der Waals surface area contributed by atoms with Gasteiger partial charge in [0, 0.05) is 25.4 Å². The molecule has 0 aliphatic carbocycles. The third-order valence-electron chi connectivity index (χ3n) is 3.18. The molecule has 0 aliphatic heterocycles. The number of hydrogen-bond donors (Lipinski definition) is 1. The summed E-state index contributed by atoms with van der Waals surface area (Å²) in [6.07, 6.45) is 0. The zero-order valence-corrected chi connectivity index (χ0v) is 13.8. The summed E-state index contributed by atoms with van der Waals surface area (Å²) in [5, 5.41) is 28.8. The third-order valence-corrected chi connectivity index (χ3v) is 4.14. The van der Waals surface area contributed by atoms with E-state index in [0.717, 1.165) is 5.56 Å². The monoisotopic (exact) mass is 324 g/mol. The molecule has 5 nitrogen and oxygen atoms in total. The number of rotatable bonds is 5. The van der Waals surface area contributed by atoms with Crippen LogP contribution in [0.2, 0.25) is 0 Å². The minimum atomic E-state index is -0.00478. The lowest BCUT2D eigenvalue weighted by Crippen LogP contribution is -2.15. The van der Waals surface area contributed by atoms with Gasteiger partial charge in [-0.1, -0.05) is 30.3 Å². The van der Waals surface area contributed by atoms with Crippen molar-refractivity contribution < 1.29 is 5.11 Å². The second-order valence-corrected chi connectivity index (χ2v) is 6.01. The zero-order chi connectivity index (χ0) is 16.8. The van der Waals surface area contributed by atoms with Gasteiger partial charge in [0.05, 0.1) is 12.2 Å². The van der Waals surface area contributed by atoms with Gasteiger partial charge < -0.3 is 10.0 Å². The Morgan fingerprint density at radius 1 is 1.13 bits per heavy atom. The van der Waals surface area contributed by atoms with E-state index in [2.05, 4.69) is 17.1 Å². The van der Waals surface area contributed by atoms with Crippen LogP contribution in [0.5, 0.6) is 0 Å². The number of aromatic nitrogens is 1. The Labute approximate surface area is 139 Å². The van der Waals surface area contributed by atoms with Gasteiger partial charge in [-0.2, -0.15) is 10.5 Å². The predicted octanol–water partition coefficient (Wildman–Crippen LogP) is 2.64. The topological polar surface area (TPSA) is 83.9 Å². The highest BCUT2D eigenvalue weighted by Gasteiger charge is 2.22. The van der Waals surface area contributed by atoms with Gasteiger partial charge in [0.15, 0.2) is 0 Å². The SMILES string of the molecule is CN(C)c1nc(SCCO)c(C#N)c(-c2ccccc2)c1C#N. The van der Waals surface area contributed by atoms with Crippen molar-refractivity contribution in [1.29, 1.82) is 10.5 Å². The quantitative estimate of drug-likeness (QED) is 0.851. The largest absolute Gasteiger partial charge is 0.396 e. The van der Waals surface area contributed by atoms with E-state index in [-0.39, 0.29) is 6.61 Å². The molecule has 0 unspecified atom stereocenters. The van der Waals surface area contributed by atoms with Crippen molar-refractivity contribution in [1.82, 2.24) is 4.98 Å². The number of nitriles is 2. The van der Waals surface area contributed by atoms with Gasteiger partial charge in [0.1, 0.15) is 28.5 Å². The smallest absolute Gasteiger partial charge is 0.148 e. The summed E-state index contributed by atoms with van der Waals surface area (Å²) in [5.74, 6) is 0.958. The lowest BCUT2D eigenvalue weighted by molar-refractivity contribution is 0.322. The van der Waals surface area contributed by atoms with Crippen LogP contribution in [0.25, 0.3) is 11.1 Å². The lowest BCUT2D eigenvalue weighted by Gasteiger charge is -2.19. The Balaban J connectivity index is 2.82. The molecule has 0 aliphatic rings.